The van der Waals surface area contributed by atoms with Gasteiger partial charge in [-0.3, -0.25) is 0 Å². The van der Waals surface area contributed by atoms with Crippen molar-refractivity contribution in [3.05, 3.63) is 47.7 Å². The quantitative estimate of drug-likeness (QED) is 0.940. The summed E-state index contributed by atoms with van der Waals surface area (Å²) in [7, 11) is -3.33. The molecule has 0 spiro atoms. The Balaban J connectivity index is 1.98. The van der Waals surface area contributed by atoms with Crippen LogP contribution >= 0.6 is 0 Å². The average Bonchev–Trinajstić information content (AvgIpc) is 2.73. The summed E-state index contributed by atoms with van der Waals surface area (Å²) in [6.07, 6.45) is 1.72. The number of anilines is 1. The first-order chi connectivity index (χ1) is 10.0. The van der Waals surface area contributed by atoms with Gasteiger partial charge >= 0.3 is 0 Å². The Morgan fingerprint density at radius 2 is 2.10 bits per heavy atom. The molecule has 1 aromatic carbocycles. The van der Waals surface area contributed by atoms with Crippen LogP contribution < -0.4 is 5.32 Å². The zero-order chi connectivity index (χ0) is 15.0. The number of benzene rings is 1. The third-order valence-corrected chi connectivity index (χ3v) is 5.34. The van der Waals surface area contributed by atoms with Gasteiger partial charge in [0.05, 0.1) is 22.4 Å². The topological polar surface area (TPSA) is 72.0 Å². The molecule has 1 N–H and O–H groups in total. The fourth-order valence-corrected chi connectivity index (χ4v) is 4.23. The molecule has 7 heteroatoms. The lowest BCUT2D eigenvalue weighted by Gasteiger charge is -2.14. The molecule has 1 aliphatic heterocycles. The number of fused-ring (bicyclic) bond motifs is 1. The van der Waals surface area contributed by atoms with Gasteiger partial charge in [0.1, 0.15) is 6.33 Å². The molecular weight excluding hydrogens is 293 g/mol. The molecule has 110 valence electrons. The Morgan fingerprint density at radius 3 is 2.86 bits per heavy atom. The van der Waals surface area contributed by atoms with Crippen molar-refractivity contribution >= 4 is 15.7 Å². The number of hydrogen-bond acceptors (Lipinski definition) is 5. The largest absolute Gasteiger partial charge is 0.360 e. The van der Waals surface area contributed by atoms with E-state index in [9.17, 15) is 12.8 Å². The van der Waals surface area contributed by atoms with Crippen LogP contribution in [0.5, 0.6) is 0 Å². The number of aryl methyl sites for hydroxylation is 1. The molecule has 21 heavy (non-hydrogen) atoms. The summed E-state index contributed by atoms with van der Waals surface area (Å²) in [5.74, 6) is -0.586. The normalized spacial score (nSPS) is 19.2. The molecule has 0 amide bonds. The van der Waals surface area contributed by atoms with E-state index in [0.29, 0.717) is 22.6 Å². The Bertz CT molecular complexity index is 793. The minimum absolute atomic E-state index is 0.0405. The van der Waals surface area contributed by atoms with E-state index in [2.05, 4.69) is 15.3 Å². The fourth-order valence-electron chi connectivity index (χ4n) is 2.49. The van der Waals surface area contributed by atoms with E-state index in [0.717, 1.165) is 0 Å². The minimum atomic E-state index is -3.33. The number of sulfone groups is 1. The smallest absolute Gasteiger partial charge is 0.186 e. The van der Waals surface area contributed by atoms with Gasteiger partial charge in [-0.05, 0) is 18.1 Å². The molecule has 2 aromatic rings. The standard InChI is InChI=1S/C14H14FN3O2S/c1-2-10-13(15)14(17-8-16-10)18-11-7-21(19,20)12-6-4-3-5-9(11)12/h3-6,8,11H,2,7H2,1H3,(H,16,17,18). The van der Waals surface area contributed by atoms with Crippen molar-refractivity contribution in [3.8, 4) is 0 Å². The number of nitrogens with one attached hydrogen (secondary N) is 1. The predicted molar refractivity (Wildman–Crippen MR) is 76.2 cm³/mol. The second-order valence-corrected chi connectivity index (χ2v) is 6.86. The molecule has 0 radical (unpaired) electrons. The van der Waals surface area contributed by atoms with Crippen molar-refractivity contribution in [3.63, 3.8) is 0 Å². The Kier molecular flexibility index (Phi) is 3.36. The van der Waals surface area contributed by atoms with Crippen LogP contribution in [-0.4, -0.2) is 24.1 Å². The van der Waals surface area contributed by atoms with Gasteiger partial charge in [0.15, 0.2) is 21.5 Å². The van der Waals surface area contributed by atoms with Crippen molar-refractivity contribution in [2.45, 2.75) is 24.3 Å². The monoisotopic (exact) mass is 307 g/mol. The Hall–Kier alpha value is -2.02. The second-order valence-electron chi connectivity index (χ2n) is 4.85. The van der Waals surface area contributed by atoms with Crippen LogP contribution in [-0.2, 0) is 16.3 Å². The van der Waals surface area contributed by atoms with Gasteiger partial charge < -0.3 is 5.32 Å². The molecule has 0 aliphatic carbocycles. The van der Waals surface area contributed by atoms with E-state index in [1.54, 1.807) is 31.2 Å². The number of hydrogen-bond donors (Lipinski definition) is 1. The molecule has 0 saturated carbocycles. The Morgan fingerprint density at radius 1 is 1.33 bits per heavy atom. The minimum Gasteiger partial charge on any atom is -0.360 e. The molecule has 5 nitrogen and oxygen atoms in total. The SMILES string of the molecule is CCc1ncnc(NC2CS(=O)(=O)c3ccccc32)c1F. The van der Waals surface area contributed by atoms with Gasteiger partial charge in [0, 0.05) is 0 Å². The summed E-state index contributed by atoms with van der Waals surface area (Å²) in [5, 5.41) is 2.89. The highest BCUT2D eigenvalue weighted by Gasteiger charge is 2.35. The fraction of sp³-hybridized carbons (Fsp3) is 0.286. The van der Waals surface area contributed by atoms with Crippen molar-refractivity contribution in [2.24, 2.45) is 0 Å². The van der Waals surface area contributed by atoms with Crippen LogP contribution in [0.2, 0.25) is 0 Å². The summed E-state index contributed by atoms with van der Waals surface area (Å²) in [6, 6.07) is 6.25. The number of aromatic nitrogens is 2. The summed E-state index contributed by atoms with van der Waals surface area (Å²) < 4.78 is 38.3. The van der Waals surface area contributed by atoms with E-state index in [-0.39, 0.29) is 11.6 Å². The summed E-state index contributed by atoms with van der Waals surface area (Å²) in [5.41, 5.74) is 0.954. The highest BCUT2D eigenvalue weighted by molar-refractivity contribution is 7.91. The molecule has 1 aromatic heterocycles. The van der Waals surface area contributed by atoms with Crippen molar-refractivity contribution in [2.75, 3.05) is 11.1 Å². The van der Waals surface area contributed by atoms with Crippen molar-refractivity contribution in [1.29, 1.82) is 0 Å². The lowest BCUT2D eigenvalue weighted by atomic mass is 10.1. The first kappa shape index (κ1) is 13.9. The zero-order valence-electron chi connectivity index (χ0n) is 11.4. The maximum absolute atomic E-state index is 14.2. The van der Waals surface area contributed by atoms with Gasteiger partial charge in [0.2, 0.25) is 0 Å². The molecule has 2 heterocycles. The Labute approximate surface area is 122 Å². The number of halogens is 1. The maximum atomic E-state index is 14.2. The van der Waals surface area contributed by atoms with Gasteiger partial charge in [-0.2, -0.15) is 0 Å². The third kappa shape index (κ3) is 2.37. The molecule has 1 atom stereocenters. The van der Waals surface area contributed by atoms with E-state index in [1.165, 1.54) is 6.33 Å². The number of rotatable bonds is 3. The average molecular weight is 307 g/mol. The molecule has 1 aliphatic rings. The first-order valence-electron chi connectivity index (χ1n) is 6.60. The predicted octanol–water partition coefficient (Wildman–Crippen LogP) is 2.12. The van der Waals surface area contributed by atoms with Crippen LogP contribution in [0.15, 0.2) is 35.5 Å². The molecule has 3 rings (SSSR count). The molecule has 1 unspecified atom stereocenters. The van der Waals surface area contributed by atoms with E-state index in [4.69, 9.17) is 0 Å². The lowest BCUT2D eigenvalue weighted by Crippen LogP contribution is -2.15. The zero-order valence-corrected chi connectivity index (χ0v) is 12.2. The summed E-state index contributed by atoms with van der Waals surface area (Å²) >= 11 is 0. The third-order valence-electron chi connectivity index (χ3n) is 3.52. The van der Waals surface area contributed by atoms with E-state index >= 15 is 0 Å². The van der Waals surface area contributed by atoms with Gasteiger partial charge in [-0.15, -0.1) is 0 Å². The lowest BCUT2D eigenvalue weighted by molar-refractivity contribution is 0.591. The van der Waals surface area contributed by atoms with E-state index in [1.807, 2.05) is 0 Å². The molecular formula is C14H14FN3O2S. The highest BCUT2D eigenvalue weighted by Crippen LogP contribution is 2.35. The summed E-state index contributed by atoms with van der Waals surface area (Å²) in [4.78, 5) is 8.04. The van der Waals surface area contributed by atoms with Crippen LogP contribution in [0, 0.1) is 5.82 Å². The molecule has 0 saturated heterocycles. The maximum Gasteiger partial charge on any atom is 0.186 e. The second kappa shape index (κ2) is 5.07. The number of nitrogens with zero attached hydrogens (tertiary/aromatic N) is 2. The summed E-state index contributed by atoms with van der Waals surface area (Å²) in [6.45, 7) is 1.80. The van der Waals surface area contributed by atoms with Crippen LogP contribution in [0.1, 0.15) is 24.2 Å². The van der Waals surface area contributed by atoms with Gasteiger partial charge in [-0.1, -0.05) is 25.1 Å². The van der Waals surface area contributed by atoms with Crippen LogP contribution in [0.3, 0.4) is 0 Å². The molecule has 0 fully saturated rings. The van der Waals surface area contributed by atoms with Gasteiger partial charge in [-0.25, -0.2) is 22.8 Å². The van der Waals surface area contributed by atoms with Crippen molar-refractivity contribution in [1.82, 2.24) is 9.97 Å². The first-order valence-corrected chi connectivity index (χ1v) is 8.25. The van der Waals surface area contributed by atoms with E-state index < -0.39 is 21.7 Å². The van der Waals surface area contributed by atoms with Gasteiger partial charge in [0.25, 0.3) is 0 Å². The van der Waals surface area contributed by atoms with Crippen molar-refractivity contribution < 1.29 is 12.8 Å². The molecule has 0 bridgehead atoms. The van der Waals surface area contributed by atoms with Crippen LogP contribution in [0.4, 0.5) is 10.2 Å². The van der Waals surface area contributed by atoms with Crippen LogP contribution in [0.25, 0.3) is 0 Å². The highest BCUT2D eigenvalue weighted by atomic mass is 32.2.